The Morgan fingerprint density at radius 2 is 1.96 bits per heavy atom. The lowest BCUT2D eigenvalue weighted by Gasteiger charge is -2.24. The molecule has 0 aliphatic carbocycles. The van der Waals surface area contributed by atoms with Gasteiger partial charge >= 0.3 is 0 Å². The minimum Gasteiger partial charge on any atom is -0.355 e. The van der Waals surface area contributed by atoms with Crippen LogP contribution in [0.4, 0.5) is 0 Å². The van der Waals surface area contributed by atoms with Crippen molar-refractivity contribution in [2.24, 2.45) is 4.99 Å². The number of hydrogen-bond donors (Lipinski definition) is 2. The number of aliphatic imine (C=N–C) groups is 1. The maximum Gasteiger partial charge on any atom is 0.253 e. The molecule has 1 heterocycles. The Kier molecular flexibility index (Phi) is 9.93. The van der Waals surface area contributed by atoms with E-state index in [1.54, 1.807) is 26.0 Å². The zero-order valence-electron chi connectivity index (χ0n) is 16.3. The molecule has 1 aromatic rings. The van der Waals surface area contributed by atoms with Crippen molar-refractivity contribution in [3.8, 4) is 0 Å². The largest absolute Gasteiger partial charge is 0.355 e. The van der Waals surface area contributed by atoms with Crippen LogP contribution >= 0.6 is 24.0 Å². The van der Waals surface area contributed by atoms with Crippen molar-refractivity contribution in [3.05, 3.63) is 35.4 Å². The van der Waals surface area contributed by atoms with Crippen molar-refractivity contribution in [2.45, 2.75) is 32.4 Å². The first-order valence-corrected chi connectivity index (χ1v) is 9.04. The number of amides is 1. The lowest BCUT2D eigenvalue weighted by Crippen LogP contribution is -2.44. The molecule has 1 unspecified atom stereocenters. The SMILES string of the molecule is CCN1CCCC1CNC(=NC)NCc1ccc(C(=O)N(C)C)cc1.I. The summed E-state index contributed by atoms with van der Waals surface area (Å²) in [7, 11) is 5.31. The van der Waals surface area contributed by atoms with Crippen molar-refractivity contribution < 1.29 is 4.79 Å². The van der Waals surface area contributed by atoms with Crippen LogP contribution in [0.2, 0.25) is 0 Å². The van der Waals surface area contributed by atoms with Crippen molar-refractivity contribution in [1.29, 1.82) is 0 Å². The normalized spacial score (nSPS) is 17.5. The quantitative estimate of drug-likeness (QED) is 0.378. The van der Waals surface area contributed by atoms with E-state index in [0.717, 1.165) is 24.6 Å². The summed E-state index contributed by atoms with van der Waals surface area (Å²) in [6.07, 6.45) is 2.53. The number of halogens is 1. The van der Waals surface area contributed by atoms with Gasteiger partial charge in [0.25, 0.3) is 5.91 Å². The first-order valence-electron chi connectivity index (χ1n) is 9.04. The third-order valence-corrected chi connectivity index (χ3v) is 4.70. The summed E-state index contributed by atoms with van der Waals surface area (Å²) in [6, 6.07) is 8.29. The Morgan fingerprint density at radius 3 is 2.54 bits per heavy atom. The van der Waals surface area contributed by atoms with Crippen LogP contribution in [0.25, 0.3) is 0 Å². The highest BCUT2D eigenvalue weighted by Crippen LogP contribution is 2.15. The average molecular weight is 473 g/mol. The standard InChI is InChI=1S/C19H31N5O.HI/c1-5-24-12-6-7-17(24)14-22-19(20-2)21-13-15-8-10-16(11-9-15)18(25)23(3)4;/h8-11,17H,5-7,12-14H2,1-4H3,(H2,20,21,22);1H. The van der Waals surface area contributed by atoms with Gasteiger partial charge in [-0.3, -0.25) is 14.7 Å². The first-order chi connectivity index (χ1) is 12.0. The lowest BCUT2D eigenvalue weighted by atomic mass is 10.1. The van der Waals surface area contributed by atoms with E-state index < -0.39 is 0 Å². The Bertz CT molecular complexity index is 588. The molecular formula is C19H32IN5O. The van der Waals surface area contributed by atoms with Crippen LogP contribution in [-0.2, 0) is 6.54 Å². The van der Waals surface area contributed by atoms with Gasteiger partial charge in [-0.2, -0.15) is 0 Å². The van der Waals surface area contributed by atoms with Gasteiger partial charge in [0.1, 0.15) is 0 Å². The van der Waals surface area contributed by atoms with Gasteiger partial charge in [-0.15, -0.1) is 24.0 Å². The van der Waals surface area contributed by atoms with E-state index in [1.807, 2.05) is 24.3 Å². The van der Waals surface area contributed by atoms with Crippen LogP contribution < -0.4 is 10.6 Å². The minimum absolute atomic E-state index is 0. The zero-order valence-corrected chi connectivity index (χ0v) is 18.6. The monoisotopic (exact) mass is 473 g/mol. The fourth-order valence-corrected chi connectivity index (χ4v) is 3.19. The zero-order chi connectivity index (χ0) is 18.2. The van der Waals surface area contributed by atoms with Gasteiger partial charge in [0, 0.05) is 45.8 Å². The van der Waals surface area contributed by atoms with E-state index in [4.69, 9.17) is 0 Å². The Hall–Kier alpha value is -1.35. The predicted molar refractivity (Wildman–Crippen MR) is 118 cm³/mol. The van der Waals surface area contributed by atoms with E-state index in [0.29, 0.717) is 18.2 Å². The Balaban J connectivity index is 0.00000338. The summed E-state index contributed by atoms with van der Waals surface area (Å²) < 4.78 is 0. The van der Waals surface area contributed by atoms with Gasteiger partial charge in [0.05, 0.1) is 0 Å². The molecule has 1 aliphatic heterocycles. The molecule has 6 nitrogen and oxygen atoms in total. The lowest BCUT2D eigenvalue weighted by molar-refractivity contribution is 0.0827. The molecule has 1 amide bonds. The molecule has 1 saturated heterocycles. The molecule has 1 aromatic carbocycles. The number of likely N-dealkylation sites (N-methyl/N-ethyl adjacent to an activating group) is 1. The summed E-state index contributed by atoms with van der Waals surface area (Å²) in [5.41, 5.74) is 1.83. The molecule has 0 aromatic heterocycles. The van der Waals surface area contributed by atoms with E-state index in [1.165, 1.54) is 19.4 Å². The fourth-order valence-electron chi connectivity index (χ4n) is 3.19. The molecule has 0 saturated carbocycles. The molecule has 146 valence electrons. The summed E-state index contributed by atoms with van der Waals surface area (Å²) in [5, 5.41) is 6.77. The molecule has 2 N–H and O–H groups in total. The summed E-state index contributed by atoms with van der Waals surface area (Å²) in [5.74, 6) is 0.838. The average Bonchev–Trinajstić information content (AvgIpc) is 3.09. The highest BCUT2D eigenvalue weighted by molar-refractivity contribution is 14.0. The molecular weight excluding hydrogens is 441 g/mol. The van der Waals surface area contributed by atoms with Crippen LogP contribution in [0.1, 0.15) is 35.7 Å². The maximum atomic E-state index is 11.9. The summed E-state index contributed by atoms with van der Waals surface area (Å²) in [6.45, 7) is 6.13. The predicted octanol–water partition coefficient (Wildman–Crippen LogP) is 2.16. The van der Waals surface area contributed by atoms with E-state index in [9.17, 15) is 4.79 Å². The van der Waals surface area contributed by atoms with Crippen LogP contribution in [0.5, 0.6) is 0 Å². The summed E-state index contributed by atoms with van der Waals surface area (Å²) >= 11 is 0. The number of nitrogens with one attached hydrogen (secondary N) is 2. The number of likely N-dealkylation sites (tertiary alicyclic amines) is 1. The Morgan fingerprint density at radius 1 is 1.27 bits per heavy atom. The van der Waals surface area contributed by atoms with Crippen LogP contribution in [0.15, 0.2) is 29.3 Å². The van der Waals surface area contributed by atoms with Crippen molar-refractivity contribution in [1.82, 2.24) is 20.4 Å². The molecule has 0 radical (unpaired) electrons. The van der Waals surface area contributed by atoms with Crippen LogP contribution in [0, 0.1) is 0 Å². The molecule has 7 heteroatoms. The topological polar surface area (TPSA) is 60.0 Å². The van der Waals surface area contributed by atoms with Crippen LogP contribution in [-0.4, -0.2) is 68.5 Å². The minimum atomic E-state index is 0. The highest BCUT2D eigenvalue weighted by atomic mass is 127. The number of carbonyl (C=O) groups excluding carboxylic acids is 1. The number of nitrogens with zero attached hydrogens (tertiary/aromatic N) is 3. The highest BCUT2D eigenvalue weighted by Gasteiger charge is 2.22. The van der Waals surface area contributed by atoms with E-state index in [2.05, 4.69) is 27.4 Å². The number of carbonyl (C=O) groups is 1. The van der Waals surface area contributed by atoms with Crippen molar-refractivity contribution in [3.63, 3.8) is 0 Å². The van der Waals surface area contributed by atoms with Gasteiger partial charge in [-0.25, -0.2) is 0 Å². The number of hydrogen-bond acceptors (Lipinski definition) is 3. The molecule has 1 atom stereocenters. The van der Waals surface area contributed by atoms with Gasteiger partial charge in [0.15, 0.2) is 5.96 Å². The van der Waals surface area contributed by atoms with E-state index >= 15 is 0 Å². The van der Waals surface area contributed by atoms with E-state index in [-0.39, 0.29) is 29.9 Å². The number of benzene rings is 1. The third-order valence-electron chi connectivity index (χ3n) is 4.70. The van der Waals surface area contributed by atoms with Crippen molar-refractivity contribution in [2.75, 3.05) is 40.8 Å². The molecule has 1 fully saturated rings. The van der Waals surface area contributed by atoms with Crippen LogP contribution in [0.3, 0.4) is 0 Å². The molecule has 2 rings (SSSR count). The molecule has 0 bridgehead atoms. The smallest absolute Gasteiger partial charge is 0.253 e. The van der Waals surface area contributed by atoms with Crippen molar-refractivity contribution >= 4 is 35.8 Å². The van der Waals surface area contributed by atoms with Gasteiger partial charge in [-0.1, -0.05) is 19.1 Å². The maximum absolute atomic E-state index is 11.9. The van der Waals surface area contributed by atoms with Gasteiger partial charge < -0.3 is 15.5 Å². The van der Waals surface area contributed by atoms with Gasteiger partial charge in [0.2, 0.25) is 0 Å². The Labute approximate surface area is 174 Å². The second kappa shape index (κ2) is 11.4. The molecule has 1 aliphatic rings. The first kappa shape index (κ1) is 22.7. The molecule has 26 heavy (non-hydrogen) atoms. The molecule has 0 spiro atoms. The second-order valence-electron chi connectivity index (χ2n) is 6.63. The fraction of sp³-hybridized carbons (Fsp3) is 0.579. The van der Waals surface area contributed by atoms with Gasteiger partial charge in [-0.05, 0) is 43.6 Å². The number of guanidine groups is 1. The summed E-state index contributed by atoms with van der Waals surface area (Å²) in [4.78, 5) is 20.3. The second-order valence-corrected chi connectivity index (χ2v) is 6.63. The third kappa shape index (κ3) is 6.42. The number of rotatable bonds is 6.